The normalized spacial score (nSPS) is 11.7. The average molecular weight is 302 g/mol. The quantitative estimate of drug-likeness (QED) is 0.687. The standard InChI is InChI=1S/C16H22N4O2/c1-12-7-8-14(22-12)13(2)20-16(21)19-11-5-10-18-15-6-3-4-9-17-15/h3-4,6-9,13H,5,10-11H2,1-2H3,(H,17,18)(H2,19,20,21). The van der Waals surface area contributed by atoms with Gasteiger partial charge in [-0.3, -0.25) is 0 Å². The molecule has 0 spiro atoms. The van der Waals surface area contributed by atoms with E-state index >= 15 is 0 Å². The number of anilines is 1. The predicted molar refractivity (Wildman–Crippen MR) is 85.7 cm³/mol. The molecular weight excluding hydrogens is 280 g/mol. The predicted octanol–water partition coefficient (Wildman–Crippen LogP) is 2.85. The van der Waals surface area contributed by atoms with Crippen molar-refractivity contribution in [3.63, 3.8) is 0 Å². The Bertz CT molecular complexity index is 583. The largest absolute Gasteiger partial charge is 0.464 e. The molecular formula is C16H22N4O2. The van der Waals surface area contributed by atoms with Crippen LogP contribution in [0.25, 0.3) is 0 Å². The summed E-state index contributed by atoms with van der Waals surface area (Å²) in [6, 6.07) is 9.12. The number of carbonyl (C=O) groups is 1. The third-order valence-corrected chi connectivity index (χ3v) is 3.15. The van der Waals surface area contributed by atoms with Crippen molar-refractivity contribution in [2.24, 2.45) is 0 Å². The van der Waals surface area contributed by atoms with Crippen LogP contribution in [0, 0.1) is 6.92 Å². The minimum atomic E-state index is -0.195. The lowest BCUT2D eigenvalue weighted by Crippen LogP contribution is -2.37. The van der Waals surface area contributed by atoms with Crippen molar-refractivity contribution < 1.29 is 9.21 Å². The summed E-state index contributed by atoms with van der Waals surface area (Å²) >= 11 is 0. The highest BCUT2D eigenvalue weighted by Gasteiger charge is 2.11. The Morgan fingerprint density at radius 2 is 2.14 bits per heavy atom. The lowest BCUT2D eigenvalue weighted by molar-refractivity contribution is 0.236. The lowest BCUT2D eigenvalue weighted by Gasteiger charge is -2.12. The van der Waals surface area contributed by atoms with Gasteiger partial charge in [-0.05, 0) is 44.5 Å². The summed E-state index contributed by atoms with van der Waals surface area (Å²) in [4.78, 5) is 15.9. The maximum Gasteiger partial charge on any atom is 0.315 e. The van der Waals surface area contributed by atoms with E-state index in [0.717, 1.165) is 30.3 Å². The summed E-state index contributed by atoms with van der Waals surface area (Å²) in [5, 5.41) is 8.86. The Hall–Kier alpha value is -2.50. The fourth-order valence-corrected chi connectivity index (χ4v) is 1.98. The number of hydrogen-bond acceptors (Lipinski definition) is 4. The Morgan fingerprint density at radius 1 is 1.27 bits per heavy atom. The van der Waals surface area contributed by atoms with E-state index in [1.165, 1.54) is 0 Å². The molecule has 2 heterocycles. The van der Waals surface area contributed by atoms with E-state index in [1.54, 1.807) is 6.20 Å². The summed E-state index contributed by atoms with van der Waals surface area (Å²) in [5.74, 6) is 2.43. The molecule has 118 valence electrons. The molecule has 0 radical (unpaired) electrons. The molecule has 0 fully saturated rings. The third-order valence-electron chi connectivity index (χ3n) is 3.15. The molecule has 2 rings (SSSR count). The summed E-state index contributed by atoms with van der Waals surface area (Å²) in [6.45, 7) is 5.12. The van der Waals surface area contributed by atoms with Gasteiger partial charge in [-0.25, -0.2) is 9.78 Å². The van der Waals surface area contributed by atoms with Crippen molar-refractivity contribution >= 4 is 11.8 Å². The van der Waals surface area contributed by atoms with Crippen LogP contribution in [0.2, 0.25) is 0 Å². The zero-order chi connectivity index (χ0) is 15.8. The second-order valence-corrected chi connectivity index (χ2v) is 5.07. The molecule has 2 aromatic heterocycles. The smallest absolute Gasteiger partial charge is 0.315 e. The first kappa shape index (κ1) is 15.9. The highest BCUT2D eigenvalue weighted by molar-refractivity contribution is 5.74. The fraction of sp³-hybridized carbons (Fsp3) is 0.375. The fourth-order valence-electron chi connectivity index (χ4n) is 1.98. The van der Waals surface area contributed by atoms with Crippen LogP contribution in [-0.2, 0) is 0 Å². The van der Waals surface area contributed by atoms with Crippen molar-refractivity contribution in [1.82, 2.24) is 15.6 Å². The maximum atomic E-state index is 11.8. The van der Waals surface area contributed by atoms with Gasteiger partial charge in [-0.15, -0.1) is 0 Å². The van der Waals surface area contributed by atoms with Gasteiger partial charge in [0, 0.05) is 19.3 Å². The Balaban J connectivity index is 1.59. The molecule has 0 saturated carbocycles. The molecule has 0 aromatic carbocycles. The number of rotatable bonds is 7. The molecule has 3 N–H and O–H groups in total. The summed E-state index contributed by atoms with van der Waals surface area (Å²) in [7, 11) is 0. The van der Waals surface area contributed by atoms with Crippen molar-refractivity contribution in [2.45, 2.75) is 26.3 Å². The first-order valence-electron chi connectivity index (χ1n) is 7.41. The number of nitrogens with one attached hydrogen (secondary N) is 3. The Labute approximate surface area is 130 Å². The highest BCUT2D eigenvalue weighted by Crippen LogP contribution is 2.15. The number of furan rings is 1. The van der Waals surface area contributed by atoms with Crippen LogP contribution in [0.4, 0.5) is 10.6 Å². The number of amides is 2. The van der Waals surface area contributed by atoms with Gasteiger partial charge in [0.15, 0.2) is 0 Å². The number of pyridine rings is 1. The number of aryl methyl sites for hydroxylation is 1. The van der Waals surface area contributed by atoms with Crippen LogP contribution in [0.1, 0.15) is 30.9 Å². The van der Waals surface area contributed by atoms with Gasteiger partial charge in [-0.2, -0.15) is 0 Å². The van der Waals surface area contributed by atoms with Crippen LogP contribution in [-0.4, -0.2) is 24.1 Å². The minimum absolute atomic E-state index is 0.152. The molecule has 2 aromatic rings. The van der Waals surface area contributed by atoms with Crippen LogP contribution in [0.5, 0.6) is 0 Å². The molecule has 6 heteroatoms. The van der Waals surface area contributed by atoms with E-state index < -0.39 is 0 Å². The van der Waals surface area contributed by atoms with E-state index in [0.29, 0.717) is 6.54 Å². The van der Waals surface area contributed by atoms with Gasteiger partial charge in [0.1, 0.15) is 17.3 Å². The van der Waals surface area contributed by atoms with Gasteiger partial charge >= 0.3 is 6.03 Å². The molecule has 0 aliphatic rings. The third kappa shape index (κ3) is 5.12. The molecule has 0 aliphatic heterocycles. The first-order valence-corrected chi connectivity index (χ1v) is 7.41. The van der Waals surface area contributed by atoms with E-state index in [-0.39, 0.29) is 12.1 Å². The van der Waals surface area contributed by atoms with Crippen molar-refractivity contribution in [1.29, 1.82) is 0 Å². The SMILES string of the molecule is Cc1ccc(C(C)NC(=O)NCCCNc2ccccn2)o1. The zero-order valence-electron chi connectivity index (χ0n) is 12.9. The lowest BCUT2D eigenvalue weighted by atomic mass is 10.2. The molecule has 1 unspecified atom stereocenters. The van der Waals surface area contributed by atoms with Gasteiger partial charge in [0.2, 0.25) is 0 Å². The average Bonchev–Trinajstić information content (AvgIpc) is 2.94. The zero-order valence-corrected chi connectivity index (χ0v) is 12.9. The van der Waals surface area contributed by atoms with Gasteiger partial charge in [0.25, 0.3) is 0 Å². The van der Waals surface area contributed by atoms with E-state index in [9.17, 15) is 4.79 Å². The number of nitrogens with zero attached hydrogens (tertiary/aromatic N) is 1. The van der Waals surface area contributed by atoms with Crippen LogP contribution in [0.3, 0.4) is 0 Å². The second-order valence-electron chi connectivity index (χ2n) is 5.07. The van der Waals surface area contributed by atoms with Gasteiger partial charge in [-0.1, -0.05) is 6.07 Å². The van der Waals surface area contributed by atoms with E-state index in [4.69, 9.17) is 4.42 Å². The van der Waals surface area contributed by atoms with Crippen molar-refractivity contribution in [3.05, 3.63) is 48.0 Å². The summed E-state index contributed by atoms with van der Waals surface area (Å²) < 4.78 is 5.48. The van der Waals surface area contributed by atoms with Gasteiger partial charge in [0.05, 0.1) is 6.04 Å². The minimum Gasteiger partial charge on any atom is -0.464 e. The molecule has 0 saturated heterocycles. The van der Waals surface area contributed by atoms with Gasteiger partial charge < -0.3 is 20.4 Å². The van der Waals surface area contributed by atoms with E-state index in [1.807, 2.05) is 44.2 Å². The summed E-state index contributed by atoms with van der Waals surface area (Å²) in [6.07, 6.45) is 2.56. The first-order chi connectivity index (χ1) is 10.6. The Kier molecular flexibility index (Phi) is 5.82. The molecule has 0 bridgehead atoms. The van der Waals surface area contributed by atoms with Crippen LogP contribution in [0.15, 0.2) is 40.9 Å². The van der Waals surface area contributed by atoms with E-state index in [2.05, 4.69) is 20.9 Å². The molecule has 2 amide bonds. The number of hydrogen-bond donors (Lipinski definition) is 3. The number of carbonyl (C=O) groups excluding carboxylic acids is 1. The molecule has 6 nitrogen and oxygen atoms in total. The highest BCUT2D eigenvalue weighted by atomic mass is 16.3. The molecule has 22 heavy (non-hydrogen) atoms. The van der Waals surface area contributed by atoms with Crippen molar-refractivity contribution in [3.8, 4) is 0 Å². The second kappa shape index (κ2) is 8.07. The molecule has 1 atom stereocenters. The van der Waals surface area contributed by atoms with Crippen LogP contribution >= 0.6 is 0 Å². The van der Waals surface area contributed by atoms with Crippen LogP contribution < -0.4 is 16.0 Å². The molecule has 0 aliphatic carbocycles. The maximum absolute atomic E-state index is 11.8. The Morgan fingerprint density at radius 3 is 2.82 bits per heavy atom. The van der Waals surface area contributed by atoms with Crippen molar-refractivity contribution in [2.75, 3.05) is 18.4 Å². The topological polar surface area (TPSA) is 79.2 Å². The number of urea groups is 1. The summed E-state index contributed by atoms with van der Waals surface area (Å²) in [5.41, 5.74) is 0. The monoisotopic (exact) mass is 302 g/mol. The number of aromatic nitrogens is 1.